The van der Waals surface area contributed by atoms with Crippen LogP contribution < -0.4 is 21.7 Å². The Morgan fingerprint density at radius 3 is 2.32 bits per heavy atom. The lowest BCUT2D eigenvalue weighted by atomic mass is 10.3. The molecule has 0 fully saturated rings. The van der Waals surface area contributed by atoms with Gasteiger partial charge in [0.1, 0.15) is 5.69 Å². The van der Waals surface area contributed by atoms with Crippen molar-refractivity contribution in [3.8, 4) is 0 Å². The number of hydrogen-bond acceptors (Lipinski definition) is 5. The topological polar surface area (TPSA) is 138 Å². The molecule has 0 amide bonds. The zero-order valence-electron chi connectivity index (χ0n) is 9.51. The summed E-state index contributed by atoms with van der Waals surface area (Å²) >= 11 is 0. The molecule has 100 valence electrons. The van der Waals surface area contributed by atoms with Crippen LogP contribution in [0.5, 0.6) is 0 Å². The molecule has 0 atom stereocenters. The molecule has 2 aromatic rings. The predicted molar refractivity (Wildman–Crippen MR) is 69.3 cm³/mol. The van der Waals surface area contributed by atoms with Gasteiger partial charge in [0, 0.05) is 11.9 Å². The molecule has 5 N–H and O–H groups in total. The van der Waals surface area contributed by atoms with Gasteiger partial charge in [-0.1, -0.05) is 0 Å². The molecule has 0 aliphatic heterocycles. The second-order valence-corrected chi connectivity index (χ2v) is 5.34. The Morgan fingerprint density at radius 2 is 1.74 bits per heavy atom. The summed E-state index contributed by atoms with van der Waals surface area (Å²) in [6, 6.07) is 5.45. The van der Waals surface area contributed by atoms with E-state index >= 15 is 0 Å². The van der Waals surface area contributed by atoms with Crippen LogP contribution in [0.3, 0.4) is 0 Å². The maximum Gasteiger partial charge on any atom is 0.325 e. The number of aromatic amines is 2. The molecule has 0 spiro atoms. The zero-order valence-corrected chi connectivity index (χ0v) is 10.3. The van der Waals surface area contributed by atoms with E-state index in [-0.39, 0.29) is 10.6 Å². The van der Waals surface area contributed by atoms with Crippen LogP contribution in [-0.4, -0.2) is 18.4 Å². The van der Waals surface area contributed by atoms with Crippen molar-refractivity contribution >= 4 is 21.4 Å². The Labute approximate surface area is 107 Å². The third-order valence-corrected chi connectivity index (χ3v) is 3.64. The number of anilines is 2. The molecule has 1 aromatic carbocycles. The average molecular weight is 282 g/mol. The number of nitrogens with one attached hydrogen (secondary N) is 3. The molecule has 0 unspecified atom stereocenters. The van der Waals surface area contributed by atoms with Gasteiger partial charge in [-0.05, 0) is 24.3 Å². The van der Waals surface area contributed by atoms with Gasteiger partial charge in [0.25, 0.3) is 15.6 Å². The maximum atomic E-state index is 12.0. The molecule has 0 aliphatic rings. The largest absolute Gasteiger partial charge is 0.399 e. The SMILES string of the molecule is Nc1ccc(S(=O)(=O)Nc2c[nH]c(=O)[nH]c2=O)cc1. The molecule has 1 heterocycles. The van der Waals surface area contributed by atoms with E-state index < -0.39 is 21.3 Å². The first kappa shape index (κ1) is 12.9. The molecule has 2 rings (SSSR count). The Balaban J connectivity index is 2.39. The molecule has 19 heavy (non-hydrogen) atoms. The van der Waals surface area contributed by atoms with Crippen molar-refractivity contribution in [2.24, 2.45) is 0 Å². The molecule has 0 radical (unpaired) electrons. The minimum Gasteiger partial charge on any atom is -0.399 e. The number of H-pyrrole nitrogens is 2. The smallest absolute Gasteiger partial charge is 0.325 e. The van der Waals surface area contributed by atoms with Crippen molar-refractivity contribution in [1.29, 1.82) is 0 Å². The van der Waals surface area contributed by atoms with Gasteiger partial charge in [-0.3, -0.25) is 14.5 Å². The van der Waals surface area contributed by atoms with E-state index in [4.69, 9.17) is 5.73 Å². The zero-order chi connectivity index (χ0) is 14.0. The van der Waals surface area contributed by atoms with E-state index in [1.807, 2.05) is 4.98 Å². The van der Waals surface area contributed by atoms with E-state index in [2.05, 4.69) is 9.71 Å². The van der Waals surface area contributed by atoms with E-state index in [1.54, 1.807) is 0 Å². The minimum absolute atomic E-state index is 0.0488. The fourth-order valence-electron chi connectivity index (χ4n) is 1.34. The standard InChI is InChI=1S/C10H10N4O4S/c11-6-1-3-7(4-2-6)19(17,18)14-8-5-12-10(16)13-9(8)15/h1-5,14H,11H2,(H2,12,13,15,16). The highest BCUT2D eigenvalue weighted by molar-refractivity contribution is 7.92. The molecule has 1 aromatic heterocycles. The second-order valence-electron chi connectivity index (χ2n) is 3.66. The Bertz CT molecular complexity index is 804. The number of rotatable bonds is 3. The normalized spacial score (nSPS) is 11.2. The highest BCUT2D eigenvalue weighted by Gasteiger charge is 2.15. The first-order valence-corrected chi connectivity index (χ1v) is 6.57. The number of aromatic nitrogens is 2. The highest BCUT2D eigenvalue weighted by Crippen LogP contribution is 2.14. The van der Waals surface area contributed by atoms with Crippen LogP contribution >= 0.6 is 0 Å². The van der Waals surface area contributed by atoms with E-state index in [9.17, 15) is 18.0 Å². The highest BCUT2D eigenvalue weighted by atomic mass is 32.2. The van der Waals surface area contributed by atoms with Crippen LogP contribution in [0, 0.1) is 0 Å². The average Bonchev–Trinajstić information content (AvgIpc) is 2.33. The van der Waals surface area contributed by atoms with Crippen LogP contribution in [0.2, 0.25) is 0 Å². The first-order chi connectivity index (χ1) is 8.88. The summed E-state index contributed by atoms with van der Waals surface area (Å²) in [5.41, 5.74) is 4.04. The molecule has 0 aliphatic carbocycles. The molecule has 0 saturated carbocycles. The summed E-state index contributed by atoms with van der Waals surface area (Å²) in [5.74, 6) is 0. The van der Waals surface area contributed by atoms with Crippen LogP contribution in [0.4, 0.5) is 11.4 Å². The van der Waals surface area contributed by atoms with E-state index in [1.165, 1.54) is 24.3 Å². The van der Waals surface area contributed by atoms with Crippen molar-refractivity contribution in [2.75, 3.05) is 10.5 Å². The summed E-state index contributed by atoms with van der Waals surface area (Å²) in [5, 5.41) is 0. The quantitative estimate of drug-likeness (QED) is 0.559. The third-order valence-electron chi connectivity index (χ3n) is 2.25. The van der Waals surface area contributed by atoms with Crippen molar-refractivity contribution in [2.45, 2.75) is 4.90 Å². The van der Waals surface area contributed by atoms with E-state index in [0.29, 0.717) is 5.69 Å². The van der Waals surface area contributed by atoms with Crippen LogP contribution in [0.15, 0.2) is 44.9 Å². The van der Waals surface area contributed by atoms with Crippen LogP contribution in [-0.2, 0) is 10.0 Å². The number of nitrogen functional groups attached to an aromatic ring is 1. The number of benzene rings is 1. The molecule has 9 heteroatoms. The lowest BCUT2D eigenvalue weighted by Crippen LogP contribution is -2.26. The van der Waals surface area contributed by atoms with Gasteiger partial charge >= 0.3 is 5.69 Å². The summed E-state index contributed by atoms with van der Waals surface area (Å²) in [6.07, 6.45) is 0.982. The number of hydrogen-bond donors (Lipinski definition) is 4. The lowest BCUT2D eigenvalue weighted by Gasteiger charge is -2.06. The molecular weight excluding hydrogens is 272 g/mol. The van der Waals surface area contributed by atoms with Crippen molar-refractivity contribution in [3.05, 3.63) is 51.3 Å². The second kappa shape index (κ2) is 4.61. The maximum absolute atomic E-state index is 12.0. The van der Waals surface area contributed by atoms with Gasteiger partial charge in [-0.2, -0.15) is 0 Å². The van der Waals surface area contributed by atoms with Gasteiger partial charge in [0.05, 0.1) is 4.90 Å². The summed E-state index contributed by atoms with van der Waals surface area (Å²) in [4.78, 5) is 26.2. The van der Waals surface area contributed by atoms with Gasteiger partial charge < -0.3 is 10.7 Å². The Hall–Kier alpha value is -2.55. The van der Waals surface area contributed by atoms with Gasteiger partial charge in [0.15, 0.2) is 0 Å². The van der Waals surface area contributed by atoms with E-state index in [0.717, 1.165) is 6.20 Å². The predicted octanol–water partition coefficient (Wildman–Crippen LogP) is -0.554. The summed E-state index contributed by atoms with van der Waals surface area (Å²) in [6.45, 7) is 0. The minimum atomic E-state index is -3.91. The molecule has 8 nitrogen and oxygen atoms in total. The molecule has 0 saturated heterocycles. The Kier molecular flexibility index (Phi) is 3.13. The van der Waals surface area contributed by atoms with Gasteiger partial charge in [-0.15, -0.1) is 0 Å². The summed E-state index contributed by atoms with van der Waals surface area (Å²) in [7, 11) is -3.91. The van der Waals surface area contributed by atoms with Crippen molar-refractivity contribution in [1.82, 2.24) is 9.97 Å². The van der Waals surface area contributed by atoms with Crippen molar-refractivity contribution in [3.63, 3.8) is 0 Å². The first-order valence-electron chi connectivity index (χ1n) is 5.09. The molecule has 0 bridgehead atoms. The molecular formula is C10H10N4O4S. The monoisotopic (exact) mass is 282 g/mol. The fraction of sp³-hybridized carbons (Fsp3) is 0. The number of sulfonamides is 1. The summed E-state index contributed by atoms with van der Waals surface area (Å²) < 4.78 is 26.0. The van der Waals surface area contributed by atoms with Gasteiger partial charge in [-0.25, -0.2) is 13.2 Å². The number of nitrogens with two attached hydrogens (primary N) is 1. The fourth-order valence-corrected chi connectivity index (χ4v) is 2.39. The van der Waals surface area contributed by atoms with Crippen molar-refractivity contribution < 1.29 is 8.42 Å². The lowest BCUT2D eigenvalue weighted by molar-refractivity contribution is 0.601. The van der Waals surface area contributed by atoms with Crippen LogP contribution in [0.1, 0.15) is 0 Å². The third kappa shape index (κ3) is 2.83. The van der Waals surface area contributed by atoms with Crippen LogP contribution in [0.25, 0.3) is 0 Å². The van der Waals surface area contributed by atoms with Gasteiger partial charge in [0.2, 0.25) is 0 Å². The Morgan fingerprint density at radius 1 is 1.11 bits per heavy atom.